The zero-order valence-electron chi connectivity index (χ0n) is 16.1. The van der Waals surface area contributed by atoms with Gasteiger partial charge >= 0.3 is 0 Å². The lowest BCUT2D eigenvalue weighted by atomic mass is 9.76. The summed E-state index contributed by atoms with van der Waals surface area (Å²) in [7, 11) is 1.59. The molecule has 0 aromatic heterocycles. The van der Waals surface area contributed by atoms with Crippen LogP contribution < -0.4 is 15.4 Å². The molecule has 4 atom stereocenters. The fourth-order valence-electron chi connectivity index (χ4n) is 5.05. The molecule has 7 heteroatoms. The van der Waals surface area contributed by atoms with Gasteiger partial charge in [-0.2, -0.15) is 0 Å². The summed E-state index contributed by atoms with van der Waals surface area (Å²) in [4.78, 5) is 41.0. The van der Waals surface area contributed by atoms with E-state index in [1.54, 1.807) is 19.2 Å². The minimum Gasteiger partial charge on any atom is -0.497 e. The number of hydrogen-bond donors (Lipinski definition) is 2. The van der Waals surface area contributed by atoms with Crippen molar-refractivity contribution in [2.24, 2.45) is 11.8 Å². The molecule has 1 spiro atoms. The molecule has 29 heavy (non-hydrogen) atoms. The molecular formula is C22H21N3O4. The first-order valence-corrected chi connectivity index (χ1v) is 9.64. The molecule has 148 valence electrons. The Hall–Kier alpha value is -3.19. The van der Waals surface area contributed by atoms with Gasteiger partial charge in [0.05, 0.1) is 25.5 Å². The van der Waals surface area contributed by atoms with Crippen LogP contribution in [0.4, 0.5) is 5.69 Å². The van der Waals surface area contributed by atoms with Crippen LogP contribution in [0.15, 0.2) is 48.5 Å². The number of carbonyl (C=O) groups is 3. The second-order valence-electron chi connectivity index (χ2n) is 7.85. The van der Waals surface area contributed by atoms with Crippen LogP contribution in [0.25, 0.3) is 0 Å². The molecule has 0 bridgehead atoms. The first-order chi connectivity index (χ1) is 14.0. The highest BCUT2D eigenvalue weighted by atomic mass is 16.5. The molecule has 0 aliphatic carbocycles. The average molecular weight is 391 g/mol. The van der Waals surface area contributed by atoms with Crippen molar-refractivity contribution >= 4 is 23.4 Å². The Labute approximate surface area is 168 Å². The number of likely N-dealkylation sites (tertiary alicyclic amines) is 1. The minimum atomic E-state index is -1.21. The monoisotopic (exact) mass is 391 g/mol. The Morgan fingerprint density at radius 3 is 2.48 bits per heavy atom. The van der Waals surface area contributed by atoms with Gasteiger partial charge in [0, 0.05) is 17.3 Å². The van der Waals surface area contributed by atoms with Crippen molar-refractivity contribution in [3.05, 3.63) is 59.7 Å². The molecule has 0 radical (unpaired) electrons. The molecule has 3 aliphatic heterocycles. The second-order valence-corrected chi connectivity index (χ2v) is 7.85. The van der Waals surface area contributed by atoms with Crippen molar-refractivity contribution in [2.45, 2.75) is 25.0 Å². The van der Waals surface area contributed by atoms with Crippen LogP contribution in [0.5, 0.6) is 5.75 Å². The fraction of sp³-hybridized carbons (Fsp3) is 0.318. The third kappa shape index (κ3) is 2.31. The van der Waals surface area contributed by atoms with Crippen LogP contribution in [0.3, 0.4) is 0 Å². The number of carbonyl (C=O) groups excluding carboxylic acids is 3. The Bertz CT molecular complexity index is 1030. The summed E-state index contributed by atoms with van der Waals surface area (Å²) in [6.45, 7) is 2.05. The summed E-state index contributed by atoms with van der Waals surface area (Å²) < 4.78 is 5.16. The molecule has 5 rings (SSSR count). The maximum absolute atomic E-state index is 13.4. The van der Waals surface area contributed by atoms with Crippen LogP contribution in [0, 0.1) is 11.8 Å². The Morgan fingerprint density at radius 1 is 1.03 bits per heavy atom. The summed E-state index contributed by atoms with van der Waals surface area (Å²) >= 11 is 0. The van der Waals surface area contributed by atoms with Gasteiger partial charge in [0.1, 0.15) is 11.3 Å². The molecule has 2 fully saturated rings. The van der Waals surface area contributed by atoms with Crippen LogP contribution in [0.1, 0.15) is 18.1 Å². The van der Waals surface area contributed by atoms with E-state index in [2.05, 4.69) is 10.6 Å². The summed E-state index contributed by atoms with van der Waals surface area (Å²) in [6, 6.07) is 14.3. The molecule has 3 aliphatic rings. The number of para-hydroxylation sites is 1. The SMILES string of the molecule is COc1ccc(CN2C(=O)[C@@H]3[C@H](C)N[C@@]4(C(=O)Nc5ccccc54)[C@@H]3C2=O)cc1. The van der Waals surface area contributed by atoms with E-state index in [1.165, 1.54) is 4.90 Å². The number of methoxy groups -OCH3 is 1. The number of hydrogen-bond acceptors (Lipinski definition) is 5. The van der Waals surface area contributed by atoms with E-state index in [1.807, 2.05) is 43.3 Å². The maximum Gasteiger partial charge on any atom is 0.250 e. The molecule has 3 amide bonds. The van der Waals surface area contributed by atoms with Crippen LogP contribution >= 0.6 is 0 Å². The number of anilines is 1. The standard InChI is InChI=1S/C22H21N3O4/c1-12-17-18(22(24-12)15-5-3-4-6-16(15)23-21(22)28)20(27)25(19(17)26)11-13-7-9-14(29-2)10-8-13/h3-10,12,17-18,24H,11H2,1-2H3,(H,23,28)/t12-,17+,18-,22+/m0/s1. The number of amides is 3. The highest BCUT2D eigenvalue weighted by Crippen LogP contribution is 2.52. The average Bonchev–Trinajstić information content (AvgIpc) is 3.28. The molecule has 7 nitrogen and oxygen atoms in total. The molecule has 2 N–H and O–H groups in total. The predicted octanol–water partition coefficient (Wildman–Crippen LogP) is 1.64. The summed E-state index contributed by atoms with van der Waals surface area (Å²) in [5, 5.41) is 6.18. The lowest BCUT2D eigenvalue weighted by molar-refractivity contribution is -0.143. The Kier molecular flexibility index (Phi) is 3.79. The van der Waals surface area contributed by atoms with Crippen molar-refractivity contribution in [3.63, 3.8) is 0 Å². The molecular weight excluding hydrogens is 370 g/mol. The summed E-state index contributed by atoms with van der Waals surface area (Å²) in [5.74, 6) is -1.43. The van der Waals surface area contributed by atoms with Crippen molar-refractivity contribution in [3.8, 4) is 5.75 Å². The van der Waals surface area contributed by atoms with Crippen molar-refractivity contribution in [1.82, 2.24) is 10.2 Å². The third-order valence-corrected chi connectivity index (χ3v) is 6.36. The summed E-state index contributed by atoms with van der Waals surface area (Å²) in [5.41, 5.74) is 1.05. The minimum absolute atomic E-state index is 0.181. The first kappa shape index (κ1) is 17.9. The van der Waals surface area contributed by atoms with Crippen molar-refractivity contribution in [1.29, 1.82) is 0 Å². The molecule has 2 aromatic carbocycles. The normalized spacial score (nSPS) is 29.9. The number of benzene rings is 2. The van der Waals surface area contributed by atoms with Crippen LogP contribution in [-0.2, 0) is 26.5 Å². The van der Waals surface area contributed by atoms with Gasteiger partial charge in [-0.3, -0.25) is 24.6 Å². The lowest BCUT2D eigenvalue weighted by Gasteiger charge is -2.29. The van der Waals surface area contributed by atoms with Gasteiger partial charge in [0.15, 0.2) is 0 Å². The topological polar surface area (TPSA) is 87.7 Å². The molecule has 0 unspecified atom stereocenters. The van der Waals surface area contributed by atoms with Gasteiger partial charge < -0.3 is 10.1 Å². The van der Waals surface area contributed by atoms with E-state index in [4.69, 9.17) is 4.74 Å². The highest BCUT2D eigenvalue weighted by molar-refractivity contribution is 6.15. The van der Waals surface area contributed by atoms with Gasteiger partial charge in [-0.25, -0.2) is 0 Å². The van der Waals surface area contributed by atoms with Crippen LogP contribution in [0.2, 0.25) is 0 Å². The quantitative estimate of drug-likeness (QED) is 0.777. The Morgan fingerprint density at radius 2 is 1.76 bits per heavy atom. The van der Waals surface area contributed by atoms with Gasteiger partial charge in [0.2, 0.25) is 17.7 Å². The number of nitrogens with zero attached hydrogens (tertiary/aromatic N) is 1. The smallest absolute Gasteiger partial charge is 0.250 e. The van der Waals surface area contributed by atoms with Gasteiger partial charge in [-0.05, 0) is 30.7 Å². The third-order valence-electron chi connectivity index (χ3n) is 6.36. The molecule has 2 saturated heterocycles. The van der Waals surface area contributed by atoms with E-state index < -0.39 is 17.4 Å². The predicted molar refractivity (Wildman–Crippen MR) is 105 cm³/mol. The fourth-order valence-corrected chi connectivity index (χ4v) is 5.05. The first-order valence-electron chi connectivity index (χ1n) is 9.64. The Balaban J connectivity index is 1.53. The zero-order chi connectivity index (χ0) is 20.3. The largest absolute Gasteiger partial charge is 0.497 e. The second kappa shape index (κ2) is 6.15. The number of imide groups is 1. The molecule has 2 aromatic rings. The van der Waals surface area contributed by atoms with E-state index in [-0.39, 0.29) is 30.3 Å². The van der Waals surface area contributed by atoms with Crippen molar-refractivity contribution < 1.29 is 19.1 Å². The summed E-state index contributed by atoms with van der Waals surface area (Å²) in [6.07, 6.45) is 0. The zero-order valence-corrected chi connectivity index (χ0v) is 16.1. The van der Waals surface area contributed by atoms with E-state index in [9.17, 15) is 14.4 Å². The van der Waals surface area contributed by atoms with E-state index in [0.717, 1.165) is 11.1 Å². The van der Waals surface area contributed by atoms with Crippen molar-refractivity contribution in [2.75, 3.05) is 12.4 Å². The van der Waals surface area contributed by atoms with E-state index in [0.29, 0.717) is 11.4 Å². The number of fused-ring (bicyclic) bond motifs is 4. The van der Waals surface area contributed by atoms with E-state index >= 15 is 0 Å². The van der Waals surface area contributed by atoms with Gasteiger partial charge in [-0.1, -0.05) is 30.3 Å². The maximum atomic E-state index is 13.4. The lowest BCUT2D eigenvalue weighted by Crippen LogP contribution is -2.52. The molecule has 3 heterocycles. The molecule has 0 saturated carbocycles. The highest BCUT2D eigenvalue weighted by Gasteiger charge is 2.69. The van der Waals surface area contributed by atoms with Crippen LogP contribution in [-0.4, -0.2) is 35.8 Å². The van der Waals surface area contributed by atoms with Gasteiger partial charge in [0.25, 0.3) is 0 Å². The number of ether oxygens (including phenoxy) is 1. The van der Waals surface area contributed by atoms with Gasteiger partial charge in [-0.15, -0.1) is 0 Å². The number of nitrogens with one attached hydrogen (secondary N) is 2. The number of rotatable bonds is 3.